The van der Waals surface area contributed by atoms with E-state index in [4.69, 9.17) is 4.74 Å². The third kappa shape index (κ3) is 3.43. The van der Waals surface area contributed by atoms with Crippen LogP contribution in [-0.4, -0.2) is 43.2 Å². The van der Waals surface area contributed by atoms with E-state index in [1.807, 2.05) is 19.1 Å². The van der Waals surface area contributed by atoms with Crippen LogP contribution in [0.5, 0.6) is 5.75 Å². The normalized spacial score (nSPS) is 18.8. The Morgan fingerprint density at radius 3 is 2.50 bits per heavy atom. The molecule has 1 aromatic rings. The lowest BCUT2D eigenvalue weighted by Crippen LogP contribution is -2.41. The van der Waals surface area contributed by atoms with Gasteiger partial charge in [0, 0.05) is 18.8 Å². The molecule has 0 aliphatic carbocycles. The second-order valence-electron chi connectivity index (χ2n) is 4.61. The van der Waals surface area contributed by atoms with Gasteiger partial charge in [0.1, 0.15) is 11.9 Å². The molecule has 0 aromatic carbocycles. The molecule has 0 radical (unpaired) electrons. The monoisotopic (exact) mass is 270 g/mol. The summed E-state index contributed by atoms with van der Waals surface area (Å²) in [5, 5.41) is 0. The van der Waals surface area contributed by atoms with Gasteiger partial charge in [-0.2, -0.15) is 0 Å². The Hall–Kier alpha value is -1.14. The molecule has 1 saturated heterocycles. The number of hydrogen-bond donors (Lipinski definition) is 0. The number of hydrogen-bond acceptors (Lipinski definition) is 4. The van der Waals surface area contributed by atoms with Gasteiger partial charge < -0.3 is 4.74 Å². The van der Waals surface area contributed by atoms with E-state index >= 15 is 0 Å². The first-order chi connectivity index (χ1) is 8.45. The molecular formula is C12H18N2O3S. The van der Waals surface area contributed by atoms with Crippen molar-refractivity contribution in [1.82, 2.24) is 9.29 Å². The number of rotatable bonds is 3. The maximum Gasteiger partial charge on any atom is 0.211 e. The number of ether oxygens (including phenoxy) is 1. The summed E-state index contributed by atoms with van der Waals surface area (Å²) < 4.78 is 30.0. The molecule has 1 aliphatic rings. The van der Waals surface area contributed by atoms with Crippen LogP contribution >= 0.6 is 0 Å². The molecule has 1 aromatic heterocycles. The van der Waals surface area contributed by atoms with Gasteiger partial charge in [-0.05, 0) is 31.9 Å². The molecule has 0 bridgehead atoms. The highest BCUT2D eigenvalue weighted by atomic mass is 32.2. The van der Waals surface area contributed by atoms with Crippen molar-refractivity contribution in [3.63, 3.8) is 0 Å². The van der Waals surface area contributed by atoms with Crippen LogP contribution in [0.25, 0.3) is 0 Å². The number of aromatic nitrogens is 1. The Balaban J connectivity index is 1.89. The summed E-state index contributed by atoms with van der Waals surface area (Å²) in [7, 11) is -3.06. The average Bonchev–Trinajstić information content (AvgIpc) is 2.32. The van der Waals surface area contributed by atoms with Crippen molar-refractivity contribution >= 4 is 10.0 Å². The van der Waals surface area contributed by atoms with Gasteiger partial charge >= 0.3 is 0 Å². The van der Waals surface area contributed by atoms with Gasteiger partial charge in [-0.15, -0.1) is 0 Å². The van der Waals surface area contributed by atoms with E-state index < -0.39 is 10.0 Å². The minimum atomic E-state index is -3.06. The zero-order valence-electron chi connectivity index (χ0n) is 10.7. The lowest BCUT2D eigenvalue weighted by atomic mass is 10.1. The molecule has 100 valence electrons. The first kappa shape index (κ1) is 13.3. The molecule has 0 N–H and O–H groups in total. The molecule has 1 aliphatic heterocycles. The minimum absolute atomic E-state index is 0.0764. The van der Waals surface area contributed by atoms with E-state index in [2.05, 4.69) is 4.98 Å². The van der Waals surface area contributed by atoms with Gasteiger partial charge in [-0.1, -0.05) is 0 Å². The second-order valence-corrected chi connectivity index (χ2v) is 6.60. The zero-order valence-corrected chi connectivity index (χ0v) is 11.5. The van der Waals surface area contributed by atoms with Gasteiger partial charge in [0.2, 0.25) is 10.0 Å². The molecule has 5 nitrogen and oxygen atoms in total. The third-order valence-corrected chi connectivity index (χ3v) is 4.36. The van der Waals surface area contributed by atoms with Crippen LogP contribution in [-0.2, 0) is 10.0 Å². The van der Waals surface area contributed by atoms with Gasteiger partial charge in [0.05, 0.1) is 12.5 Å². The van der Waals surface area contributed by atoms with E-state index in [1.54, 1.807) is 6.20 Å². The molecule has 0 unspecified atom stereocenters. The molecule has 0 spiro atoms. The van der Waals surface area contributed by atoms with Crippen LogP contribution in [0, 0.1) is 6.92 Å². The first-order valence-electron chi connectivity index (χ1n) is 5.99. The number of aryl methyl sites for hydroxylation is 1. The standard InChI is InChI=1S/C12H18N2O3S/c1-10-3-4-12(9-13-10)17-11-5-7-14(8-6-11)18(2,15)16/h3-4,9,11H,5-8H2,1-2H3. The summed E-state index contributed by atoms with van der Waals surface area (Å²) in [6.45, 7) is 2.99. The van der Waals surface area contributed by atoms with E-state index in [0.717, 1.165) is 24.3 Å². The highest BCUT2D eigenvalue weighted by Gasteiger charge is 2.25. The Labute approximate surface area is 108 Å². The van der Waals surface area contributed by atoms with Gasteiger partial charge in [-0.25, -0.2) is 12.7 Å². The molecule has 2 heterocycles. The van der Waals surface area contributed by atoms with Crippen molar-refractivity contribution in [3.05, 3.63) is 24.0 Å². The predicted octanol–water partition coefficient (Wildman–Crippen LogP) is 1.19. The fourth-order valence-electron chi connectivity index (χ4n) is 2.00. The molecule has 1 fully saturated rings. The third-order valence-electron chi connectivity index (χ3n) is 3.06. The number of nitrogens with zero attached hydrogens (tertiary/aromatic N) is 2. The van der Waals surface area contributed by atoms with E-state index in [-0.39, 0.29) is 6.10 Å². The average molecular weight is 270 g/mol. The van der Waals surface area contributed by atoms with Crippen LogP contribution in [0.3, 0.4) is 0 Å². The first-order valence-corrected chi connectivity index (χ1v) is 7.84. The van der Waals surface area contributed by atoms with Crippen molar-refractivity contribution in [3.8, 4) is 5.75 Å². The fourth-order valence-corrected chi connectivity index (χ4v) is 2.87. The van der Waals surface area contributed by atoms with Crippen molar-refractivity contribution in [1.29, 1.82) is 0 Å². The predicted molar refractivity (Wildman–Crippen MR) is 69.0 cm³/mol. The molecule has 2 rings (SSSR count). The van der Waals surface area contributed by atoms with E-state index in [1.165, 1.54) is 10.6 Å². The summed E-state index contributed by atoms with van der Waals surface area (Å²) >= 11 is 0. The Morgan fingerprint density at radius 2 is 2.00 bits per heavy atom. The van der Waals surface area contributed by atoms with Crippen LogP contribution < -0.4 is 4.74 Å². The zero-order chi connectivity index (χ0) is 13.2. The quantitative estimate of drug-likeness (QED) is 0.828. The van der Waals surface area contributed by atoms with E-state index in [9.17, 15) is 8.42 Å². The summed E-state index contributed by atoms with van der Waals surface area (Å²) in [4.78, 5) is 4.17. The number of piperidine rings is 1. The summed E-state index contributed by atoms with van der Waals surface area (Å²) in [5.41, 5.74) is 0.953. The minimum Gasteiger partial charge on any atom is -0.489 e. The van der Waals surface area contributed by atoms with Crippen molar-refractivity contribution in [2.45, 2.75) is 25.9 Å². The molecular weight excluding hydrogens is 252 g/mol. The highest BCUT2D eigenvalue weighted by Crippen LogP contribution is 2.19. The highest BCUT2D eigenvalue weighted by molar-refractivity contribution is 7.88. The van der Waals surface area contributed by atoms with Gasteiger partial charge in [-0.3, -0.25) is 4.98 Å². The SMILES string of the molecule is Cc1ccc(OC2CCN(S(C)(=O)=O)CC2)cn1. The smallest absolute Gasteiger partial charge is 0.211 e. The second kappa shape index (κ2) is 5.24. The molecule has 0 atom stereocenters. The molecule has 6 heteroatoms. The number of sulfonamides is 1. The molecule has 0 saturated carbocycles. The lowest BCUT2D eigenvalue weighted by Gasteiger charge is -2.30. The topological polar surface area (TPSA) is 59.5 Å². The van der Waals surface area contributed by atoms with Gasteiger partial charge in [0.25, 0.3) is 0 Å². The number of pyridine rings is 1. The van der Waals surface area contributed by atoms with Crippen molar-refractivity contribution < 1.29 is 13.2 Å². The van der Waals surface area contributed by atoms with Crippen molar-refractivity contribution in [2.75, 3.05) is 19.3 Å². The van der Waals surface area contributed by atoms with Crippen LogP contribution in [0.1, 0.15) is 18.5 Å². The largest absolute Gasteiger partial charge is 0.489 e. The summed E-state index contributed by atoms with van der Waals surface area (Å²) in [6, 6.07) is 3.80. The molecule has 0 amide bonds. The Morgan fingerprint density at radius 1 is 1.33 bits per heavy atom. The van der Waals surface area contributed by atoms with Gasteiger partial charge in [0.15, 0.2) is 0 Å². The summed E-state index contributed by atoms with van der Waals surface area (Å²) in [6.07, 6.45) is 4.48. The fraction of sp³-hybridized carbons (Fsp3) is 0.583. The van der Waals surface area contributed by atoms with Crippen LogP contribution in [0.2, 0.25) is 0 Å². The maximum atomic E-state index is 11.4. The lowest BCUT2D eigenvalue weighted by molar-refractivity contribution is 0.135. The molecule has 18 heavy (non-hydrogen) atoms. The summed E-state index contributed by atoms with van der Waals surface area (Å²) in [5.74, 6) is 0.749. The maximum absolute atomic E-state index is 11.4. The Bertz CT molecular complexity index is 491. The Kier molecular flexibility index (Phi) is 3.87. The van der Waals surface area contributed by atoms with E-state index in [0.29, 0.717) is 13.1 Å². The van der Waals surface area contributed by atoms with Crippen molar-refractivity contribution in [2.24, 2.45) is 0 Å². The van der Waals surface area contributed by atoms with Crippen LogP contribution in [0.4, 0.5) is 0 Å². The van der Waals surface area contributed by atoms with Crippen LogP contribution in [0.15, 0.2) is 18.3 Å².